The Morgan fingerprint density at radius 2 is 1.86 bits per heavy atom. The maximum atomic E-state index is 13.8. The third-order valence-electron chi connectivity index (χ3n) is 5.05. The molecule has 2 N–H and O–H groups in total. The Morgan fingerprint density at radius 1 is 1.10 bits per heavy atom. The average molecular weight is 454 g/mol. The molecule has 2 aromatic carbocycles. The van der Waals surface area contributed by atoms with E-state index in [1.54, 1.807) is 18.3 Å². The molecule has 0 unspecified atom stereocenters. The zero-order valence-electron chi connectivity index (χ0n) is 16.7. The first kappa shape index (κ1) is 19.6. The Balaban J connectivity index is 1.97. The van der Waals surface area contributed by atoms with E-state index in [2.05, 4.69) is 59.1 Å². The summed E-state index contributed by atoms with van der Waals surface area (Å²) < 4.78 is 14.9. The van der Waals surface area contributed by atoms with Gasteiger partial charge in [-0.2, -0.15) is 0 Å². The molecule has 4 aromatic rings. The van der Waals surface area contributed by atoms with Crippen LogP contribution < -0.4 is 10.9 Å². The fraction of sp³-hybridized carbons (Fsp3) is 0.217. The Bertz CT molecular complexity index is 1320. The first-order valence-electron chi connectivity index (χ1n) is 9.33. The Kier molecular flexibility index (Phi) is 4.69. The number of nitrogens with one attached hydrogen (secondary N) is 2. The van der Waals surface area contributed by atoms with Crippen LogP contribution >= 0.6 is 15.9 Å². The molecule has 29 heavy (non-hydrogen) atoms. The van der Waals surface area contributed by atoms with Crippen molar-refractivity contribution < 1.29 is 4.39 Å². The second-order valence-electron chi connectivity index (χ2n) is 8.24. The van der Waals surface area contributed by atoms with Crippen LogP contribution in [0, 0.1) is 12.7 Å². The van der Waals surface area contributed by atoms with Crippen LogP contribution in [0.3, 0.4) is 0 Å². The topological polar surface area (TPSA) is 57.8 Å². The number of fused-ring (bicyclic) bond motifs is 3. The first-order chi connectivity index (χ1) is 13.6. The van der Waals surface area contributed by atoms with Gasteiger partial charge in [-0.15, -0.1) is 0 Å². The summed E-state index contributed by atoms with van der Waals surface area (Å²) in [5, 5.41) is 4.97. The molecular formula is C23H21BrFN3O. The van der Waals surface area contributed by atoms with Crippen molar-refractivity contribution in [2.24, 2.45) is 0 Å². The van der Waals surface area contributed by atoms with Gasteiger partial charge < -0.3 is 10.3 Å². The second kappa shape index (κ2) is 6.95. The zero-order valence-corrected chi connectivity index (χ0v) is 18.2. The SMILES string of the molecule is Cc1cc(Br)c(C(C)(C)C)cc1Nc1nc2ccc(F)cc2c2c(=O)[nH]ccc12. The molecule has 0 atom stereocenters. The smallest absolute Gasteiger partial charge is 0.256 e. The predicted octanol–water partition coefficient (Wildman–Crippen LogP) is 6.33. The van der Waals surface area contributed by atoms with Gasteiger partial charge in [0, 0.05) is 27.1 Å². The zero-order chi connectivity index (χ0) is 20.9. The normalized spacial score (nSPS) is 11.9. The maximum Gasteiger partial charge on any atom is 0.256 e. The molecule has 0 aliphatic rings. The highest BCUT2D eigenvalue weighted by Crippen LogP contribution is 2.36. The quantitative estimate of drug-likeness (QED) is 0.348. The molecule has 0 saturated carbocycles. The number of anilines is 2. The van der Waals surface area contributed by atoms with Crippen LogP contribution in [0.5, 0.6) is 0 Å². The van der Waals surface area contributed by atoms with Gasteiger partial charge >= 0.3 is 0 Å². The lowest BCUT2D eigenvalue weighted by Crippen LogP contribution is -2.13. The fourth-order valence-electron chi connectivity index (χ4n) is 3.53. The molecule has 0 aliphatic heterocycles. The van der Waals surface area contributed by atoms with E-state index in [0.717, 1.165) is 21.3 Å². The summed E-state index contributed by atoms with van der Waals surface area (Å²) in [5.41, 5.74) is 3.36. The molecule has 0 fully saturated rings. The van der Waals surface area contributed by atoms with E-state index < -0.39 is 5.82 Å². The molecule has 0 amide bonds. The number of aromatic amines is 1. The van der Waals surface area contributed by atoms with Crippen molar-refractivity contribution in [2.45, 2.75) is 33.1 Å². The number of benzene rings is 2. The number of halogens is 2. The van der Waals surface area contributed by atoms with Crippen LogP contribution in [0.25, 0.3) is 21.7 Å². The van der Waals surface area contributed by atoms with E-state index in [1.807, 2.05) is 6.92 Å². The number of nitrogens with zero attached hydrogens (tertiary/aromatic N) is 1. The molecule has 148 valence electrons. The number of rotatable bonds is 2. The summed E-state index contributed by atoms with van der Waals surface area (Å²) in [6, 6.07) is 10.3. The van der Waals surface area contributed by atoms with Gasteiger partial charge in [-0.1, -0.05) is 36.7 Å². The molecule has 0 aliphatic carbocycles. The third-order valence-corrected chi connectivity index (χ3v) is 5.71. The lowest BCUT2D eigenvalue weighted by atomic mass is 9.86. The van der Waals surface area contributed by atoms with Crippen molar-refractivity contribution in [3.05, 3.63) is 74.4 Å². The summed E-state index contributed by atoms with van der Waals surface area (Å²) in [4.78, 5) is 19.9. The largest absolute Gasteiger partial charge is 0.339 e. The van der Waals surface area contributed by atoms with Crippen LogP contribution in [-0.4, -0.2) is 9.97 Å². The fourth-order valence-corrected chi connectivity index (χ4v) is 4.59. The van der Waals surface area contributed by atoms with Crippen LogP contribution in [0.4, 0.5) is 15.9 Å². The minimum absolute atomic E-state index is 0.0451. The minimum atomic E-state index is -0.400. The van der Waals surface area contributed by atoms with E-state index in [1.165, 1.54) is 12.1 Å². The molecule has 6 heteroatoms. The van der Waals surface area contributed by atoms with Gasteiger partial charge in [-0.3, -0.25) is 4.79 Å². The van der Waals surface area contributed by atoms with E-state index >= 15 is 0 Å². The third kappa shape index (κ3) is 3.53. The molecule has 4 nitrogen and oxygen atoms in total. The summed E-state index contributed by atoms with van der Waals surface area (Å²) in [7, 11) is 0. The van der Waals surface area contributed by atoms with E-state index in [0.29, 0.717) is 27.5 Å². The van der Waals surface area contributed by atoms with Gasteiger partial charge in [0.05, 0.1) is 10.9 Å². The predicted molar refractivity (Wildman–Crippen MR) is 121 cm³/mol. The molecule has 4 rings (SSSR count). The molecule has 0 saturated heterocycles. The number of H-pyrrole nitrogens is 1. The van der Waals surface area contributed by atoms with Gasteiger partial charge in [0.2, 0.25) is 0 Å². The summed E-state index contributed by atoms with van der Waals surface area (Å²) in [6.07, 6.45) is 1.58. The number of hydrogen-bond acceptors (Lipinski definition) is 3. The minimum Gasteiger partial charge on any atom is -0.339 e. The van der Waals surface area contributed by atoms with Crippen molar-refractivity contribution in [3.63, 3.8) is 0 Å². The van der Waals surface area contributed by atoms with Crippen molar-refractivity contribution in [1.29, 1.82) is 0 Å². The summed E-state index contributed by atoms with van der Waals surface area (Å²) in [5.74, 6) is 0.165. The van der Waals surface area contributed by atoms with Crippen molar-refractivity contribution in [1.82, 2.24) is 9.97 Å². The highest BCUT2D eigenvalue weighted by Gasteiger charge is 2.20. The monoisotopic (exact) mass is 453 g/mol. The van der Waals surface area contributed by atoms with Crippen LogP contribution in [0.1, 0.15) is 31.9 Å². The number of pyridine rings is 2. The molecule has 0 radical (unpaired) electrons. The van der Waals surface area contributed by atoms with Crippen molar-refractivity contribution in [3.8, 4) is 0 Å². The number of aromatic nitrogens is 2. The first-order valence-corrected chi connectivity index (χ1v) is 10.1. The molecule has 0 spiro atoms. The lowest BCUT2D eigenvalue weighted by Gasteiger charge is -2.23. The average Bonchev–Trinajstić information content (AvgIpc) is 2.63. The van der Waals surface area contributed by atoms with E-state index in [-0.39, 0.29) is 11.0 Å². The molecule has 2 aromatic heterocycles. The standard InChI is InChI=1S/C23H21BrFN3O/c1-12-9-17(24)16(23(2,3)4)11-19(12)28-21-14-7-8-26-22(29)20(14)15-10-13(25)5-6-18(15)27-21/h5-11H,1-4H3,(H,26,29)(H,27,28). The Morgan fingerprint density at radius 3 is 2.59 bits per heavy atom. The van der Waals surface area contributed by atoms with Gasteiger partial charge in [0.25, 0.3) is 5.56 Å². The van der Waals surface area contributed by atoms with Crippen LogP contribution in [0.2, 0.25) is 0 Å². The lowest BCUT2D eigenvalue weighted by molar-refractivity contribution is 0.587. The van der Waals surface area contributed by atoms with E-state index in [9.17, 15) is 9.18 Å². The van der Waals surface area contributed by atoms with Crippen molar-refractivity contribution >= 4 is 49.1 Å². The number of hydrogen-bond donors (Lipinski definition) is 2. The molecule has 2 heterocycles. The highest BCUT2D eigenvalue weighted by atomic mass is 79.9. The highest BCUT2D eigenvalue weighted by molar-refractivity contribution is 9.10. The Hall–Kier alpha value is -2.73. The molecule has 0 bridgehead atoms. The molecular weight excluding hydrogens is 433 g/mol. The van der Waals surface area contributed by atoms with Crippen molar-refractivity contribution in [2.75, 3.05) is 5.32 Å². The van der Waals surface area contributed by atoms with Crippen LogP contribution in [-0.2, 0) is 5.41 Å². The number of aryl methyl sites for hydroxylation is 1. The van der Waals surface area contributed by atoms with Gasteiger partial charge in [0.15, 0.2) is 0 Å². The second-order valence-corrected chi connectivity index (χ2v) is 9.09. The maximum absolute atomic E-state index is 13.8. The van der Waals surface area contributed by atoms with Gasteiger partial charge in [-0.05, 0) is 59.9 Å². The summed E-state index contributed by atoms with van der Waals surface area (Å²) in [6.45, 7) is 8.49. The van der Waals surface area contributed by atoms with E-state index in [4.69, 9.17) is 4.98 Å². The van der Waals surface area contributed by atoms with Gasteiger partial charge in [-0.25, -0.2) is 9.37 Å². The Labute approximate surface area is 176 Å². The van der Waals surface area contributed by atoms with Gasteiger partial charge in [0.1, 0.15) is 11.6 Å². The van der Waals surface area contributed by atoms with Crippen LogP contribution in [0.15, 0.2) is 51.9 Å². The summed E-state index contributed by atoms with van der Waals surface area (Å²) >= 11 is 3.67.